The van der Waals surface area contributed by atoms with E-state index < -0.39 is 6.09 Å². The molecular weight excluding hydrogens is 402 g/mol. The summed E-state index contributed by atoms with van der Waals surface area (Å²) < 4.78 is 13.2. The standard InChI is InChI=1S/C21H37N5O5/c1-15(2)13-31-21(29)24(5)11-19-16(3)9-26(17(4)12-27)20(28)7-6-8-25-10-18(14-30-19)22-23-25/h10,15-17,19,27H,6-9,11-14H2,1-5H3/t16-,17-,19-/m0/s1. The van der Waals surface area contributed by atoms with E-state index in [4.69, 9.17) is 9.47 Å². The van der Waals surface area contributed by atoms with Crippen LogP contribution >= 0.6 is 0 Å². The van der Waals surface area contributed by atoms with Gasteiger partial charge in [-0.2, -0.15) is 0 Å². The highest BCUT2D eigenvalue weighted by atomic mass is 16.6. The number of aliphatic hydroxyl groups is 1. The van der Waals surface area contributed by atoms with Gasteiger partial charge in [0.15, 0.2) is 0 Å². The average Bonchev–Trinajstić information content (AvgIpc) is 3.19. The first kappa shape index (κ1) is 25.1. The van der Waals surface area contributed by atoms with Crippen LogP contribution in [0.4, 0.5) is 4.79 Å². The first-order chi connectivity index (χ1) is 14.7. The molecule has 176 valence electrons. The molecule has 3 atom stereocenters. The van der Waals surface area contributed by atoms with E-state index in [2.05, 4.69) is 10.3 Å². The molecule has 0 aliphatic carbocycles. The molecule has 0 unspecified atom stereocenters. The van der Waals surface area contributed by atoms with E-state index in [0.29, 0.717) is 44.8 Å². The number of fused-ring (bicyclic) bond motifs is 2. The lowest BCUT2D eigenvalue weighted by molar-refractivity contribution is -0.136. The molecule has 1 aliphatic heterocycles. The van der Waals surface area contributed by atoms with Crippen molar-refractivity contribution >= 4 is 12.0 Å². The second-order valence-electron chi connectivity index (χ2n) is 8.83. The van der Waals surface area contributed by atoms with Crippen LogP contribution in [0.1, 0.15) is 46.2 Å². The molecule has 2 heterocycles. The molecule has 0 spiro atoms. The third-order valence-corrected chi connectivity index (χ3v) is 5.35. The van der Waals surface area contributed by atoms with Crippen LogP contribution in [0, 0.1) is 11.8 Å². The maximum Gasteiger partial charge on any atom is 0.409 e. The zero-order valence-electron chi connectivity index (χ0n) is 19.4. The lowest BCUT2D eigenvalue weighted by Gasteiger charge is -2.35. The largest absolute Gasteiger partial charge is 0.449 e. The van der Waals surface area contributed by atoms with Crippen molar-refractivity contribution in [3.05, 3.63) is 11.9 Å². The number of aryl methyl sites for hydroxylation is 1. The van der Waals surface area contributed by atoms with Gasteiger partial charge in [-0.05, 0) is 19.3 Å². The maximum absolute atomic E-state index is 12.9. The van der Waals surface area contributed by atoms with Gasteiger partial charge in [-0.15, -0.1) is 5.10 Å². The molecule has 1 aliphatic rings. The van der Waals surface area contributed by atoms with Gasteiger partial charge in [0.25, 0.3) is 0 Å². The number of hydrogen-bond donors (Lipinski definition) is 1. The van der Waals surface area contributed by atoms with E-state index >= 15 is 0 Å². The van der Waals surface area contributed by atoms with Crippen molar-refractivity contribution in [3.8, 4) is 0 Å². The van der Waals surface area contributed by atoms with E-state index in [1.54, 1.807) is 16.6 Å². The summed E-state index contributed by atoms with van der Waals surface area (Å²) in [6.45, 7) is 9.59. The van der Waals surface area contributed by atoms with Crippen LogP contribution in [0.5, 0.6) is 0 Å². The van der Waals surface area contributed by atoms with E-state index in [-0.39, 0.29) is 43.1 Å². The second-order valence-corrected chi connectivity index (χ2v) is 8.83. The zero-order chi connectivity index (χ0) is 23.0. The van der Waals surface area contributed by atoms with Gasteiger partial charge in [-0.3, -0.25) is 9.48 Å². The van der Waals surface area contributed by atoms with Crippen LogP contribution in [0.2, 0.25) is 0 Å². The molecule has 10 heteroatoms. The highest BCUT2D eigenvalue weighted by Crippen LogP contribution is 2.17. The summed E-state index contributed by atoms with van der Waals surface area (Å²) in [4.78, 5) is 28.4. The van der Waals surface area contributed by atoms with E-state index in [1.165, 1.54) is 4.90 Å². The fraction of sp³-hybridized carbons (Fsp3) is 0.810. The summed E-state index contributed by atoms with van der Waals surface area (Å²) in [5.41, 5.74) is 0.702. The van der Waals surface area contributed by atoms with Crippen molar-refractivity contribution < 1.29 is 24.2 Å². The highest BCUT2D eigenvalue weighted by molar-refractivity contribution is 5.76. The Bertz CT molecular complexity index is 710. The molecule has 0 saturated heterocycles. The fourth-order valence-electron chi connectivity index (χ4n) is 3.39. The minimum absolute atomic E-state index is 0.0172. The molecule has 2 bridgehead atoms. The number of nitrogens with zero attached hydrogens (tertiary/aromatic N) is 5. The number of aromatic nitrogens is 3. The van der Waals surface area contributed by atoms with Crippen molar-refractivity contribution in [1.82, 2.24) is 24.8 Å². The molecule has 2 rings (SSSR count). The number of likely N-dealkylation sites (N-methyl/N-ethyl adjacent to an activating group) is 1. The quantitative estimate of drug-likeness (QED) is 0.716. The number of carbonyl (C=O) groups excluding carboxylic acids is 2. The van der Waals surface area contributed by atoms with Crippen molar-refractivity contribution in [2.75, 3.05) is 33.4 Å². The van der Waals surface area contributed by atoms with Gasteiger partial charge in [0.2, 0.25) is 5.91 Å². The molecule has 1 N–H and O–H groups in total. The molecule has 0 saturated carbocycles. The third-order valence-electron chi connectivity index (χ3n) is 5.35. The van der Waals surface area contributed by atoms with Gasteiger partial charge < -0.3 is 24.4 Å². The Hall–Kier alpha value is -2.20. The Morgan fingerprint density at radius 3 is 2.84 bits per heavy atom. The van der Waals surface area contributed by atoms with Gasteiger partial charge in [-0.1, -0.05) is 26.0 Å². The lowest BCUT2D eigenvalue weighted by Crippen LogP contribution is -2.47. The van der Waals surface area contributed by atoms with E-state index in [0.717, 1.165) is 0 Å². The van der Waals surface area contributed by atoms with E-state index in [9.17, 15) is 14.7 Å². The predicted molar refractivity (Wildman–Crippen MR) is 114 cm³/mol. The summed E-state index contributed by atoms with van der Waals surface area (Å²) in [5, 5.41) is 17.9. The Kier molecular flexibility index (Phi) is 9.70. The SMILES string of the molecule is CC(C)COC(=O)N(C)C[C@@H]1OCc2cn(nn2)CCCC(=O)N([C@@H](C)CO)C[C@@H]1C. The van der Waals surface area contributed by atoms with Crippen molar-refractivity contribution in [3.63, 3.8) is 0 Å². The van der Waals surface area contributed by atoms with Crippen molar-refractivity contribution in [1.29, 1.82) is 0 Å². The van der Waals surface area contributed by atoms with Gasteiger partial charge in [0.1, 0.15) is 5.69 Å². The summed E-state index contributed by atoms with van der Waals surface area (Å²) in [5.74, 6) is 0.144. The van der Waals surface area contributed by atoms with Crippen LogP contribution in [0.3, 0.4) is 0 Å². The predicted octanol–water partition coefficient (Wildman–Crippen LogP) is 1.53. The Morgan fingerprint density at radius 1 is 1.42 bits per heavy atom. The number of hydrogen-bond acceptors (Lipinski definition) is 7. The minimum Gasteiger partial charge on any atom is -0.449 e. The first-order valence-corrected chi connectivity index (χ1v) is 11.0. The number of aliphatic hydroxyl groups excluding tert-OH is 1. The van der Waals surface area contributed by atoms with Crippen LogP contribution < -0.4 is 0 Å². The monoisotopic (exact) mass is 439 g/mol. The molecule has 1 aromatic rings. The lowest BCUT2D eigenvalue weighted by atomic mass is 10.0. The zero-order valence-corrected chi connectivity index (χ0v) is 19.4. The Morgan fingerprint density at radius 2 is 2.16 bits per heavy atom. The molecule has 0 fully saturated rings. The third kappa shape index (κ3) is 7.77. The maximum atomic E-state index is 12.9. The number of ether oxygens (including phenoxy) is 2. The first-order valence-electron chi connectivity index (χ1n) is 11.0. The van der Waals surface area contributed by atoms with Crippen LogP contribution in [-0.4, -0.2) is 87.4 Å². The van der Waals surface area contributed by atoms with Crippen LogP contribution in [0.25, 0.3) is 0 Å². The molecule has 0 aromatic carbocycles. The average molecular weight is 440 g/mol. The molecular formula is C21H37N5O5. The van der Waals surface area contributed by atoms with Crippen molar-refractivity contribution in [2.45, 2.75) is 65.8 Å². The van der Waals surface area contributed by atoms with Crippen molar-refractivity contribution in [2.24, 2.45) is 11.8 Å². The summed E-state index contributed by atoms with van der Waals surface area (Å²) >= 11 is 0. The smallest absolute Gasteiger partial charge is 0.409 e. The second kappa shape index (κ2) is 12.0. The van der Waals surface area contributed by atoms with Gasteiger partial charge in [0, 0.05) is 32.5 Å². The molecule has 31 heavy (non-hydrogen) atoms. The van der Waals surface area contributed by atoms with Gasteiger partial charge >= 0.3 is 6.09 Å². The summed E-state index contributed by atoms with van der Waals surface area (Å²) in [6, 6.07) is -0.299. The van der Waals surface area contributed by atoms with Gasteiger partial charge in [0.05, 0.1) is 44.7 Å². The number of rotatable bonds is 6. The number of carbonyl (C=O) groups is 2. The Balaban J connectivity index is 2.17. The molecule has 2 amide bonds. The minimum atomic E-state index is -0.407. The Labute approximate surface area is 184 Å². The molecule has 10 nitrogen and oxygen atoms in total. The summed E-state index contributed by atoms with van der Waals surface area (Å²) in [6.07, 6.45) is 2.05. The van der Waals surface area contributed by atoms with Crippen LogP contribution in [0.15, 0.2) is 6.20 Å². The van der Waals surface area contributed by atoms with E-state index in [1.807, 2.05) is 33.9 Å². The normalized spacial score (nSPS) is 21.8. The highest BCUT2D eigenvalue weighted by Gasteiger charge is 2.29. The summed E-state index contributed by atoms with van der Waals surface area (Å²) in [7, 11) is 1.68. The topological polar surface area (TPSA) is 110 Å². The molecule has 1 aromatic heterocycles. The fourth-order valence-corrected chi connectivity index (χ4v) is 3.39. The number of amides is 2. The van der Waals surface area contributed by atoms with Gasteiger partial charge in [-0.25, -0.2) is 4.79 Å². The van der Waals surface area contributed by atoms with Crippen LogP contribution in [-0.2, 0) is 27.4 Å². The molecule has 0 radical (unpaired) electrons.